The van der Waals surface area contributed by atoms with Gasteiger partial charge in [0.15, 0.2) is 0 Å². The van der Waals surface area contributed by atoms with Gasteiger partial charge < -0.3 is 10.1 Å². The molecule has 1 fully saturated rings. The molecule has 1 aliphatic heterocycles. The van der Waals surface area contributed by atoms with Gasteiger partial charge in [-0.1, -0.05) is 0 Å². The van der Waals surface area contributed by atoms with Crippen molar-refractivity contribution in [3.8, 4) is 0 Å². The van der Waals surface area contributed by atoms with Crippen molar-refractivity contribution in [1.29, 1.82) is 0 Å². The van der Waals surface area contributed by atoms with Gasteiger partial charge in [-0.2, -0.15) is 5.10 Å². The summed E-state index contributed by atoms with van der Waals surface area (Å²) in [5.41, 5.74) is 3.29. The molecule has 6 nitrogen and oxygen atoms in total. The number of rotatable bonds is 4. The van der Waals surface area contributed by atoms with Gasteiger partial charge in [-0.3, -0.25) is 9.59 Å². The van der Waals surface area contributed by atoms with Gasteiger partial charge in [-0.15, -0.1) is 11.3 Å². The highest BCUT2D eigenvalue weighted by Crippen LogP contribution is 2.12. The Balaban J connectivity index is 1.72. The van der Waals surface area contributed by atoms with Crippen LogP contribution in [-0.4, -0.2) is 37.3 Å². The molecule has 0 radical (unpaired) electrons. The first kappa shape index (κ1) is 14.7. The van der Waals surface area contributed by atoms with Crippen LogP contribution in [0.15, 0.2) is 16.5 Å². The summed E-state index contributed by atoms with van der Waals surface area (Å²) in [6.45, 7) is 3.03. The molecule has 1 atom stereocenters. The molecular weight excluding hydrogens is 278 g/mol. The van der Waals surface area contributed by atoms with Crippen LogP contribution >= 0.6 is 11.3 Å². The minimum Gasteiger partial charge on any atom is -0.376 e. The minimum atomic E-state index is -0.770. The Labute approximate surface area is 121 Å². The van der Waals surface area contributed by atoms with Crippen molar-refractivity contribution >= 4 is 29.4 Å². The van der Waals surface area contributed by atoms with Crippen LogP contribution in [-0.2, 0) is 14.3 Å². The van der Waals surface area contributed by atoms with Crippen molar-refractivity contribution in [2.45, 2.75) is 25.9 Å². The molecule has 1 saturated heterocycles. The summed E-state index contributed by atoms with van der Waals surface area (Å²) in [5, 5.41) is 8.24. The maximum Gasteiger partial charge on any atom is 0.329 e. The van der Waals surface area contributed by atoms with E-state index in [2.05, 4.69) is 15.8 Å². The van der Waals surface area contributed by atoms with E-state index in [0.29, 0.717) is 6.54 Å². The topological polar surface area (TPSA) is 79.8 Å². The number of carbonyl (C=O) groups excluding carboxylic acids is 2. The second-order valence-electron chi connectivity index (χ2n) is 4.51. The van der Waals surface area contributed by atoms with Crippen molar-refractivity contribution in [3.05, 3.63) is 21.9 Å². The fraction of sp³-hybridized carbons (Fsp3) is 0.462. The molecule has 0 saturated carbocycles. The smallest absolute Gasteiger partial charge is 0.329 e. The van der Waals surface area contributed by atoms with Crippen LogP contribution in [0.1, 0.15) is 23.3 Å². The lowest BCUT2D eigenvalue weighted by molar-refractivity contribution is -0.139. The second-order valence-corrected chi connectivity index (χ2v) is 5.46. The standard InChI is InChI=1S/C13H17N3O3S/c1-9-4-6-20-11(9)8-15-16-13(18)12(17)14-7-10-3-2-5-19-10/h4,6,8,10H,2-3,5,7H2,1H3,(H,14,17)(H,16,18)/b15-8-/t10-/m1/s1. The maximum atomic E-state index is 11.5. The van der Waals surface area contributed by atoms with E-state index in [1.165, 1.54) is 17.6 Å². The number of nitrogens with zero attached hydrogens (tertiary/aromatic N) is 1. The third-order valence-electron chi connectivity index (χ3n) is 2.97. The molecule has 0 spiro atoms. The van der Waals surface area contributed by atoms with Crippen molar-refractivity contribution in [3.63, 3.8) is 0 Å². The van der Waals surface area contributed by atoms with Crippen LogP contribution in [0.25, 0.3) is 0 Å². The van der Waals surface area contributed by atoms with Crippen molar-refractivity contribution in [1.82, 2.24) is 10.7 Å². The Hall–Kier alpha value is -1.73. The molecule has 0 aromatic carbocycles. The molecule has 108 valence electrons. The molecule has 20 heavy (non-hydrogen) atoms. The fourth-order valence-corrected chi connectivity index (χ4v) is 2.60. The SMILES string of the molecule is Cc1ccsc1/C=N\NC(=O)C(=O)NC[C@H]1CCCO1. The van der Waals surface area contributed by atoms with Gasteiger partial charge in [0.25, 0.3) is 0 Å². The maximum absolute atomic E-state index is 11.5. The Kier molecular flexibility index (Phi) is 5.25. The van der Waals surface area contributed by atoms with Gasteiger partial charge in [0.1, 0.15) is 0 Å². The molecule has 2 N–H and O–H groups in total. The lowest BCUT2D eigenvalue weighted by atomic mass is 10.2. The highest BCUT2D eigenvalue weighted by molar-refractivity contribution is 7.11. The summed E-state index contributed by atoms with van der Waals surface area (Å²) in [5.74, 6) is -1.46. The van der Waals surface area contributed by atoms with Crippen LogP contribution in [0, 0.1) is 6.92 Å². The highest BCUT2D eigenvalue weighted by Gasteiger charge is 2.18. The second kappa shape index (κ2) is 7.16. The summed E-state index contributed by atoms with van der Waals surface area (Å²) in [4.78, 5) is 23.9. The normalized spacial score (nSPS) is 18.4. The van der Waals surface area contributed by atoms with E-state index in [9.17, 15) is 9.59 Å². The molecule has 0 aliphatic carbocycles. The molecule has 7 heteroatoms. The monoisotopic (exact) mass is 295 g/mol. The minimum absolute atomic E-state index is 0.0176. The number of hydrogen-bond acceptors (Lipinski definition) is 5. The Morgan fingerprint density at radius 3 is 3.05 bits per heavy atom. The van der Waals surface area contributed by atoms with E-state index in [1.807, 2.05) is 18.4 Å². The van der Waals surface area contributed by atoms with Gasteiger partial charge in [0.2, 0.25) is 0 Å². The molecule has 1 aromatic heterocycles. The first-order valence-electron chi connectivity index (χ1n) is 6.43. The van der Waals surface area contributed by atoms with E-state index in [-0.39, 0.29) is 6.10 Å². The zero-order valence-electron chi connectivity index (χ0n) is 11.2. The molecular formula is C13H17N3O3S. The molecule has 2 amide bonds. The lowest BCUT2D eigenvalue weighted by Gasteiger charge is -2.09. The molecule has 1 aliphatic rings. The summed E-state index contributed by atoms with van der Waals surface area (Å²) in [7, 11) is 0. The van der Waals surface area contributed by atoms with Crippen LogP contribution in [0.3, 0.4) is 0 Å². The molecule has 1 aromatic rings. The number of aryl methyl sites for hydroxylation is 1. The zero-order valence-corrected chi connectivity index (χ0v) is 12.0. The van der Waals surface area contributed by atoms with Crippen molar-refractivity contribution < 1.29 is 14.3 Å². The summed E-state index contributed by atoms with van der Waals surface area (Å²) in [6, 6.07) is 1.96. The summed E-state index contributed by atoms with van der Waals surface area (Å²) >= 11 is 1.52. The van der Waals surface area contributed by atoms with Crippen molar-refractivity contribution in [2.75, 3.05) is 13.2 Å². The zero-order chi connectivity index (χ0) is 14.4. The molecule has 2 rings (SSSR count). The Bertz CT molecular complexity index is 507. The van der Waals surface area contributed by atoms with E-state index in [0.717, 1.165) is 29.9 Å². The van der Waals surface area contributed by atoms with Gasteiger partial charge >= 0.3 is 11.8 Å². The molecule has 0 unspecified atom stereocenters. The number of nitrogens with one attached hydrogen (secondary N) is 2. The molecule has 0 bridgehead atoms. The van der Waals surface area contributed by atoms with Crippen molar-refractivity contribution in [2.24, 2.45) is 5.10 Å². The van der Waals surface area contributed by atoms with Crippen LogP contribution < -0.4 is 10.7 Å². The first-order chi connectivity index (χ1) is 9.66. The summed E-state index contributed by atoms with van der Waals surface area (Å²) < 4.78 is 5.35. The number of carbonyl (C=O) groups is 2. The summed E-state index contributed by atoms with van der Waals surface area (Å²) in [6.07, 6.45) is 3.46. The third kappa shape index (κ3) is 4.14. The number of thiophene rings is 1. The third-order valence-corrected chi connectivity index (χ3v) is 3.92. The van der Waals surface area contributed by atoms with Crippen LogP contribution in [0.5, 0.6) is 0 Å². The average Bonchev–Trinajstić information content (AvgIpc) is 3.08. The predicted octanol–water partition coefficient (Wildman–Crippen LogP) is 0.802. The van der Waals surface area contributed by atoms with E-state index >= 15 is 0 Å². The number of amides is 2. The van der Waals surface area contributed by atoms with Gasteiger partial charge in [0, 0.05) is 18.0 Å². The number of hydrogen-bond donors (Lipinski definition) is 2. The quantitative estimate of drug-likeness (QED) is 0.490. The van der Waals surface area contributed by atoms with E-state index in [4.69, 9.17) is 4.74 Å². The number of ether oxygens (including phenoxy) is 1. The fourth-order valence-electron chi connectivity index (χ4n) is 1.81. The first-order valence-corrected chi connectivity index (χ1v) is 7.31. The van der Waals surface area contributed by atoms with E-state index in [1.54, 1.807) is 0 Å². The van der Waals surface area contributed by atoms with Crippen LogP contribution in [0.2, 0.25) is 0 Å². The van der Waals surface area contributed by atoms with Gasteiger partial charge in [-0.25, -0.2) is 5.43 Å². The predicted molar refractivity (Wildman–Crippen MR) is 76.8 cm³/mol. The highest BCUT2D eigenvalue weighted by atomic mass is 32.1. The van der Waals surface area contributed by atoms with Gasteiger partial charge in [0.05, 0.1) is 12.3 Å². The average molecular weight is 295 g/mol. The largest absolute Gasteiger partial charge is 0.376 e. The molecule has 2 heterocycles. The number of hydrazone groups is 1. The Morgan fingerprint density at radius 2 is 2.40 bits per heavy atom. The Morgan fingerprint density at radius 1 is 1.55 bits per heavy atom. The lowest BCUT2D eigenvalue weighted by Crippen LogP contribution is -2.41. The van der Waals surface area contributed by atoms with E-state index < -0.39 is 11.8 Å². The van der Waals surface area contributed by atoms with Gasteiger partial charge in [-0.05, 0) is 36.8 Å². The van der Waals surface area contributed by atoms with Crippen LogP contribution in [0.4, 0.5) is 0 Å².